The molecule has 2 aromatic rings. The summed E-state index contributed by atoms with van der Waals surface area (Å²) in [6.07, 6.45) is 0.124. The number of hydrogen-bond acceptors (Lipinski definition) is 4. The lowest BCUT2D eigenvalue weighted by Gasteiger charge is -2.21. The summed E-state index contributed by atoms with van der Waals surface area (Å²) in [5.74, 6) is -0.234. The molecular formula is C20H28ClN3O3S. The predicted octanol–water partition coefficient (Wildman–Crippen LogP) is 2.89. The largest absolute Gasteiger partial charge is 0.352 e. The van der Waals surface area contributed by atoms with Crippen LogP contribution in [0.5, 0.6) is 0 Å². The molecule has 0 heterocycles. The highest BCUT2D eigenvalue weighted by Gasteiger charge is 2.24. The molecule has 0 fully saturated rings. The van der Waals surface area contributed by atoms with E-state index in [9.17, 15) is 13.2 Å². The van der Waals surface area contributed by atoms with Gasteiger partial charge in [0.05, 0.1) is 4.90 Å². The number of carbonyl (C=O) groups is 1. The maximum absolute atomic E-state index is 12.6. The molecule has 0 aromatic heterocycles. The summed E-state index contributed by atoms with van der Waals surface area (Å²) in [6.45, 7) is 5.45. The van der Waals surface area contributed by atoms with E-state index in [4.69, 9.17) is 5.73 Å². The fourth-order valence-corrected chi connectivity index (χ4v) is 4.31. The van der Waals surface area contributed by atoms with E-state index in [1.165, 1.54) is 6.07 Å². The second kappa shape index (κ2) is 10.0. The van der Waals surface area contributed by atoms with Gasteiger partial charge in [0, 0.05) is 24.5 Å². The zero-order valence-electron chi connectivity index (χ0n) is 16.3. The molecule has 0 saturated heterocycles. The highest BCUT2D eigenvalue weighted by atomic mass is 35.5. The van der Waals surface area contributed by atoms with Gasteiger partial charge in [-0.15, -0.1) is 12.4 Å². The summed E-state index contributed by atoms with van der Waals surface area (Å²) >= 11 is 0. The smallest absolute Gasteiger partial charge is 0.241 e. The lowest BCUT2D eigenvalue weighted by molar-refractivity contribution is -0.121. The Hall–Kier alpha value is -1.93. The molecule has 28 heavy (non-hydrogen) atoms. The van der Waals surface area contributed by atoms with E-state index in [1.54, 1.807) is 39.0 Å². The molecule has 0 aliphatic carbocycles. The standard InChI is InChI=1S/C20H27N3O3S.ClH/c1-20(2,3)23-27(25,26)18-12-8-7-11-16(18)14-22-19(24)13-17(21)15-9-5-4-6-10-15;/h4-12,17,23H,13-14,21H2,1-3H3,(H,22,24);1H. The monoisotopic (exact) mass is 425 g/mol. The quantitative estimate of drug-likeness (QED) is 0.634. The summed E-state index contributed by atoms with van der Waals surface area (Å²) in [5, 5.41) is 2.76. The Kier molecular flexibility index (Phi) is 8.63. The first-order chi connectivity index (χ1) is 12.6. The third-order valence-electron chi connectivity index (χ3n) is 3.81. The number of nitrogens with two attached hydrogens (primary N) is 1. The number of sulfonamides is 1. The van der Waals surface area contributed by atoms with Gasteiger partial charge >= 0.3 is 0 Å². The minimum absolute atomic E-state index is 0. The van der Waals surface area contributed by atoms with E-state index in [-0.39, 0.29) is 36.2 Å². The van der Waals surface area contributed by atoms with Crippen molar-refractivity contribution >= 4 is 28.3 Å². The Morgan fingerprint density at radius 3 is 2.21 bits per heavy atom. The molecule has 1 atom stereocenters. The number of rotatable bonds is 7. The summed E-state index contributed by atoms with van der Waals surface area (Å²) in [6, 6.07) is 15.6. The van der Waals surface area contributed by atoms with Crippen molar-refractivity contribution in [2.24, 2.45) is 5.73 Å². The third-order valence-corrected chi connectivity index (χ3v) is 5.67. The lowest BCUT2D eigenvalue weighted by atomic mass is 10.0. The number of nitrogens with one attached hydrogen (secondary N) is 2. The van der Waals surface area contributed by atoms with Gasteiger partial charge in [-0.25, -0.2) is 13.1 Å². The van der Waals surface area contributed by atoms with Gasteiger partial charge in [-0.3, -0.25) is 4.79 Å². The van der Waals surface area contributed by atoms with E-state index in [2.05, 4.69) is 10.0 Å². The first-order valence-corrected chi connectivity index (χ1v) is 10.3. The lowest BCUT2D eigenvalue weighted by Crippen LogP contribution is -2.41. The van der Waals surface area contributed by atoms with Crippen molar-refractivity contribution in [3.63, 3.8) is 0 Å². The number of amides is 1. The van der Waals surface area contributed by atoms with E-state index in [0.29, 0.717) is 5.56 Å². The average Bonchev–Trinajstić information content (AvgIpc) is 2.59. The molecule has 0 bridgehead atoms. The van der Waals surface area contributed by atoms with Gasteiger partial charge in [0.1, 0.15) is 0 Å². The fourth-order valence-electron chi connectivity index (χ4n) is 2.65. The molecule has 154 valence electrons. The van der Waals surface area contributed by atoms with Crippen LogP contribution in [0.3, 0.4) is 0 Å². The van der Waals surface area contributed by atoms with E-state index in [1.807, 2.05) is 30.3 Å². The molecule has 0 radical (unpaired) electrons. The van der Waals surface area contributed by atoms with Gasteiger partial charge in [0.2, 0.25) is 15.9 Å². The minimum atomic E-state index is -3.69. The molecule has 2 rings (SSSR count). The summed E-state index contributed by atoms with van der Waals surface area (Å²) in [5.41, 5.74) is 6.87. The second-order valence-electron chi connectivity index (χ2n) is 7.46. The van der Waals surface area contributed by atoms with Crippen molar-refractivity contribution in [2.75, 3.05) is 0 Å². The maximum Gasteiger partial charge on any atom is 0.241 e. The molecular weight excluding hydrogens is 398 g/mol. The van der Waals surface area contributed by atoms with Gasteiger partial charge in [0.25, 0.3) is 0 Å². The zero-order valence-corrected chi connectivity index (χ0v) is 17.9. The van der Waals surface area contributed by atoms with Crippen LogP contribution in [0.25, 0.3) is 0 Å². The first kappa shape index (κ1) is 24.1. The van der Waals surface area contributed by atoms with Crippen molar-refractivity contribution in [3.05, 3.63) is 65.7 Å². The average molecular weight is 426 g/mol. The Morgan fingerprint density at radius 1 is 1.04 bits per heavy atom. The summed E-state index contributed by atoms with van der Waals surface area (Å²) in [4.78, 5) is 12.4. The minimum Gasteiger partial charge on any atom is -0.352 e. The Balaban J connectivity index is 0.00000392. The number of halogens is 1. The molecule has 0 saturated carbocycles. The van der Waals surface area contributed by atoms with Crippen LogP contribution in [0.15, 0.2) is 59.5 Å². The molecule has 1 amide bonds. The van der Waals surface area contributed by atoms with Crippen molar-refractivity contribution in [1.82, 2.24) is 10.0 Å². The first-order valence-electron chi connectivity index (χ1n) is 8.77. The van der Waals surface area contributed by atoms with Gasteiger partial charge in [-0.2, -0.15) is 0 Å². The van der Waals surface area contributed by atoms with Gasteiger partial charge in [-0.05, 0) is 38.0 Å². The van der Waals surface area contributed by atoms with Gasteiger partial charge in [-0.1, -0.05) is 48.5 Å². The van der Waals surface area contributed by atoms with Crippen molar-refractivity contribution in [2.45, 2.75) is 50.2 Å². The van der Waals surface area contributed by atoms with Crippen LogP contribution in [0.2, 0.25) is 0 Å². The summed E-state index contributed by atoms with van der Waals surface area (Å²) in [7, 11) is -3.69. The van der Waals surface area contributed by atoms with Crippen LogP contribution in [-0.4, -0.2) is 19.9 Å². The highest BCUT2D eigenvalue weighted by Crippen LogP contribution is 2.18. The molecule has 6 nitrogen and oxygen atoms in total. The van der Waals surface area contributed by atoms with E-state index >= 15 is 0 Å². The van der Waals surface area contributed by atoms with E-state index in [0.717, 1.165) is 5.56 Å². The topological polar surface area (TPSA) is 101 Å². The van der Waals surface area contributed by atoms with Crippen molar-refractivity contribution in [3.8, 4) is 0 Å². The number of hydrogen-bond donors (Lipinski definition) is 3. The summed E-state index contributed by atoms with van der Waals surface area (Å²) < 4.78 is 27.9. The van der Waals surface area contributed by atoms with Crippen LogP contribution >= 0.6 is 12.4 Å². The van der Waals surface area contributed by atoms with Crippen LogP contribution < -0.4 is 15.8 Å². The zero-order chi connectivity index (χ0) is 20.1. The molecule has 0 aliphatic rings. The molecule has 0 spiro atoms. The molecule has 1 unspecified atom stereocenters. The van der Waals surface area contributed by atoms with E-state index < -0.39 is 21.6 Å². The third kappa shape index (κ3) is 7.24. The highest BCUT2D eigenvalue weighted by molar-refractivity contribution is 7.89. The van der Waals surface area contributed by atoms with Crippen LogP contribution in [-0.2, 0) is 21.4 Å². The normalized spacial score (nSPS) is 12.7. The Labute approximate surface area is 173 Å². The molecule has 2 aromatic carbocycles. The maximum atomic E-state index is 12.6. The van der Waals surface area contributed by atoms with Crippen LogP contribution in [0.4, 0.5) is 0 Å². The van der Waals surface area contributed by atoms with Crippen LogP contribution in [0.1, 0.15) is 44.4 Å². The van der Waals surface area contributed by atoms with Crippen LogP contribution in [0, 0.1) is 0 Å². The molecule has 8 heteroatoms. The van der Waals surface area contributed by atoms with Crippen molar-refractivity contribution < 1.29 is 13.2 Å². The fraction of sp³-hybridized carbons (Fsp3) is 0.350. The number of carbonyl (C=O) groups excluding carboxylic acids is 1. The Morgan fingerprint density at radius 2 is 1.61 bits per heavy atom. The second-order valence-corrected chi connectivity index (χ2v) is 9.11. The molecule has 4 N–H and O–H groups in total. The predicted molar refractivity (Wildman–Crippen MR) is 114 cm³/mol. The molecule has 0 aliphatic heterocycles. The SMILES string of the molecule is CC(C)(C)NS(=O)(=O)c1ccccc1CNC(=O)CC(N)c1ccccc1.Cl. The Bertz CT molecular complexity index is 881. The van der Waals surface area contributed by atoms with Gasteiger partial charge < -0.3 is 11.1 Å². The van der Waals surface area contributed by atoms with Gasteiger partial charge in [0.15, 0.2) is 0 Å². The van der Waals surface area contributed by atoms with Crippen molar-refractivity contribution in [1.29, 1.82) is 0 Å². The number of benzene rings is 2.